The molecule has 0 radical (unpaired) electrons. The van der Waals surface area contributed by atoms with E-state index in [-0.39, 0.29) is 51.2 Å². The molecule has 0 saturated heterocycles. The molecule has 18 aromatic rings. The number of pyridine rings is 1. The van der Waals surface area contributed by atoms with Crippen LogP contribution in [0.25, 0.3) is 66.7 Å². The molecule has 32 nitrogen and oxygen atoms in total. The Balaban J connectivity index is 0.000000135. The van der Waals surface area contributed by atoms with Crippen molar-refractivity contribution in [2.45, 2.75) is 45.8 Å². The van der Waals surface area contributed by atoms with E-state index in [4.69, 9.17) is 32.2 Å². The van der Waals surface area contributed by atoms with Gasteiger partial charge in [-0.15, -0.1) is 0 Å². The molecule has 6 aromatic carbocycles. The Hall–Kier alpha value is -17.3. The lowest BCUT2D eigenvalue weighted by Gasteiger charge is -2.20. The van der Waals surface area contributed by atoms with Gasteiger partial charge in [-0.1, -0.05) is 108 Å². The van der Waals surface area contributed by atoms with E-state index in [0.717, 1.165) is 22.4 Å². The van der Waals surface area contributed by atoms with Crippen LogP contribution >= 0.6 is 0 Å². The third-order valence-electron chi connectivity index (χ3n) is 19.6. The molecule has 592 valence electrons. The van der Waals surface area contributed by atoms with E-state index in [2.05, 4.69) is 96.9 Å². The number of para-hydroxylation sites is 3. The number of rotatable bonds is 12. The number of hydrogen-bond donors (Lipinski definition) is 6. The molecule has 0 aliphatic rings. The van der Waals surface area contributed by atoms with Gasteiger partial charge in [-0.3, -0.25) is 56.8 Å². The minimum absolute atomic E-state index is 0.0483. The summed E-state index contributed by atoms with van der Waals surface area (Å²) in [6.07, 6.45) is 13.1. The summed E-state index contributed by atoms with van der Waals surface area (Å²) in [6.45, 7) is 7.20. The number of anilines is 3. The van der Waals surface area contributed by atoms with Gasteiger partial charge in [-0.2, -0.15) is 25.5 Å². The number of nitrogen functional groups attached to an aromatic ring is 3. The van der Waals surface area contributed by atoms with Gasteiger partial charge >= 0.3 is 0 Å². The highest BCUT2D eigenvalue weighted by Gasteiger charge is 2.29. The smallest absolute Gasteiger partial charge is 0.274 e. The number of nitrogens with two attached hydrogens (primary N) is 3. The van der Waals surface area contributed by atoms with Crippen LogP contribution < -0.4 is 49.8 Å². The van der Waals surface area contributed by atoms with Crippen molar-refractivity contribution in [3.63, 3.8) is 0 Å². The zero-order valence-corrected chi connectivity index (χ0v) is 65.5. The van der Waals surface area contributed by atoms with E-state index in [9.17, 15) is 28.8 Å². The highest BCUT2D eigenvalue weighted by molar-refractivity contribution is 6.00. The molecule has 9 N–H and O–H groups in total. The Bertz CT molecular complexity index is 7520. The molecule has 12 heterocycles. The number of carbonyl (C=O) groups is 3. The zero-order valence-electron chi connectivity index (χ0n) is 65.5. The van der Waals surface area contributed by atoms with Gasteiger partial charge in [-0.25, -0.2) is 43.5 Å². The monoisotopic (exact) mass is 1600 g/mol. The fourth-order valence-corrected chi connectivity index (χ4v) is 13.7. The Morgan fingerprint density at radius 3 is 1.05 bits per heavy atom. The summed E-state index contributed by atoms with van der Waals surface area (Å²) in [6, 6.07) is 55.3. The van der Waals surface area contributed by atoms with Gasteiger partial charge in [0.15, 0.2) is 51.5 Å². The Labute approximate surface area is 686 Å². The van der Waals surface area contributed by atoms with E-state index in [1.165, 1.54) is 27.2 Å². The molecule has 121 heavy (non-hydrogen) atoms. The number of imidazole rings is 3. The summed E-state index contributed by atoms with van der Waals surface area (Å²) < 4.78 is 12.0. The minimum Gasteiger partial charge on any atom is -0.382 e. The summed E-state index contributed by atoms with van der Waals surface area (Å²) in [4.78, 5) is 114. The third kappa shape index (κ3) is 15.5. The van der Waals surface area contributed by atoms with Crippen LogP contribution in [0.4, 0.5) is 17.5 Å². The number of amides is 3. The van der Waals surface area contributed by atoms with Gasteiger partial charge in [0.05, 0.1) is 97.1 Å². The Kier molecular flexibility index (Phi) is 21.3. The van der Waals surface area contributed by atoms with Crippen molar-refractivity contribution in [3.05, 3.63) is 348 Å². The summed E-state index contributed by atoms with van der Waals surface area (Å²) in [5, 5.41) is 30.9. The minimum atomic E-state index is -0.693. The van der Waals surface area contributed by atoms with Gasteiger partial charge in [0.2, 0.25) is 0 Å². The lowest BCUT2D eigenvalue weighted by atomic mass is 10.1. The second-order valence-electron chi connectivity index (χ2n) is 27.6. The summed E-state index contributed by atoms with van der Waals surface area (Å²) in [5.41, 5.74) is 26.9. The van der Waals surface area contributed by atoms with Crippen LogP contribution in [-0.2, 0) is 14.1 Å². The van der Waals surface area contributed by atoms with Crippen LogP contribution in [-0.4, -0.2) is 115 Å². The molecule has 0 aliphatic heterocycles. The van der Waals surface area contributed by atoms with Crippen molar-refractivity contribution in [1.29, 1.82) is 0 Å². The molecule has 3 amide bonds. The van der Waals surface area contributed by atoms with E-state index in [1.54, 1.807) is 183 Å². The average Bonchev–Trinajstić information content (AvgIpc) is 1.41. The fourth-order valence-electron chi connectivity index (χ4n) is 13.7. The normalized spacial score (nSPS) is 11.7. The number of hydrogen-bond acceptors (Lipinski definition) is 21. The number of nitrogens with one attached hydrogen (secondary N) is 3. The molecular formula is C89H70N26O6. The number of nitrogens with zero attached hydrogens (tertiary/aromatic N) is 20. The first-order valence-corrected chi connectivity index (χ1v) is 37.7. The number of carbonyl (C=O) groups excluding carboxylic acids is 3. The van der Waals surface area contributed by atoms with Gasteiger partial charge in [-0.05, 0) is 149 Å². The molecule has 0 unspecified atom stereocenters. The lowest BCUT2D eigenvalue weighted by molar-refractivity contribution is 0.0923. The quantitative estimate of drug-likeness (QED) is 0.0621. The molecular weight excluding hydrogens is 1530 g/mol. The molecule has 0 spiro atoms. The number of aromatic nitrogens is 20. The maximum atomic E-state index is 14.2. The van der Waals surface area contributed by atoms with Crippen molar-refractivity contribution < 1.29 is 14.4 Å². The van der Waals surface area contributed by atoms with Gasteiger partial charge in [0.25, 0.3) is 34.4 Å². The topological polar surface area (TPSA) is 409 Å². The van der Waals surface area contributed by atoms with E-state index in [0.29, 0.717) is 101 Å². The number of aryl methyl sites for hydroxylation is 2. The van der Waals surface area contributed by atoms with Crippen molar-refractivity contribution in [2.75, 3.05) is 17.2 Å². The third-order valence-corrected chi connectivity index (χ3v) is 19.6. The first kappa shape index (κ1) is 77.6. The van der Waals surface area contributed by atoms with E-state index < -0.39 is 35.8 Å². The van der Waals surface area contributed by atoms with Crippen molar-refractivity contribution >= 4 is 84.8 Å². The Morgan fingerprint density at radius 1 is 0.364 bits per heavy atom. The highest BCUT2D eigenvalue weighted by Crippen LogP contribution is 2.27. The summed E-state index contributed by atoms with van der Waals surface area (Å²) >= 11 is 0. The number of fused-ring (bicyclic) bond motifs is 6. The second-order valence-corrected chi connectivity index (χ2v) is 27.6. The molecule has 3 atom stereocenters. The lowest BCUT2D eigenvalue weighted by Crippen LogP contribution is -2.34. The van der Waals surface area contributed by atoms with E-state index in [1.807, 2.05) is 112 Å². The maximum Gasteiger partial charge on any atom is 0.274 e. The fraction of sp³-hybridized carbons (Fsp3) is 0.101. The molecule has 12 aromatic heterocycles. The Morgan fingerprint density at radius 2 is 0.711 bits per heavy atom. The predicted octanol–water partition coefficient (Wildman–Crippen LogP) is 8.87. The second kappa shape index (κ2) is 33.2. The number of benzene rings is 6. The van der Waals surface area contributed by atoms with Crippen molar-refractivity contribution in [2.24, 2.45) is 14.1 Å². The SMILES string of the molecule is C[C@H](NC(=O)c1c(N)nc2cccnn12)c1nc2cccc(C#Cc3ccncc3)c2c(=O)n1-c1ccccc1.C[C@H](NC(=O)c1c(N)nc2cccnn12)c1nc2cccc(C#Cc3cnn(C)c3)c2c(=O)n1-c1ccccc1.Cc1c(C#Cc2cccc3nc([C@H](C)NC(=O)c4c(N)nc5cccnn45)n(-c4ccccc4)c(=O)c23)cnn1C. The first-order valence-electron chi connectivity index (χ1n) is 37.7. The molecule has 0 aliphatic carbocycles. The van der Waals surface area contributed by atoms with Crippen LogP contribution in [0.3, 0.4) is 0 Å². The molecule has 0 saturated carbocycles. The van der Waals surface area contributed by atoms with Gasteiger partial charge in [0, 0.05) is 73.5 Å². The summed E-state index contributed by atoms with van der Waals surface area (Å²) in [7, 11) is 3.66. The van der Waals surface area contributed by atoms with E-state index >= 15 is 0 Å². The van der Waals surface area contributed by atoms with Gasteiger partial charge < -0.3 is 33.2 Å². The van der Waals surface area contributed by atoms with Crippen LogP contribution in [0.5, 0.6) is 0 Å². The standard InChI is InChI=1S/C30H25N9O2.C30H22N8O2.C29H23N9O2/c1-18(34-29(40)26-27(31)36-24-13-8-16-32-39(24)26)28-35-23-12-7-9-20(14-15-21-17-33-37(3)19(21)2)25(23)30(41)38(28)22-10-5-4-6-11-22;1-19(34-29(39)26-27(31)36-24-11-6-16-33-38(24)26)28-35-23-10-5-7-21(13-12-20-14-17-32-18-15-20)25(23)30(40)37(28)22-8-3-2-4-9-22;1-18(33-28(39)25-26(30)35-23-12-7-15-31-38(23)25)27-34-22-11-6-8-20(14-13-19-16-32-36(2)17-19)24(22)29(40)37(27)21-9-4-3-5-10-21/h4-13,16-18H,31H2,1-3H3,(H,34,40);2-11,14-19H,31H2,1H3,(H,34,39);3-12,15-18H,30H2,1-2H3,(H,33,39)/t18-;19-;18-/m000/s1. The zero-order chi connectivity index (χ0) is 84.1. The molecule has 32 heteroatoms. The highest BCUT2D eigenvalue weighted by atomic mass is 16.2. The van der Waals surface area contributed by atoms with Crippen LogP contribution in [0.2, 0.25) is 0 Å². The predicted molar refractivity (Wildman–Crippen MR) is 455 cm³/mol. The maximum absolute atomic E-state index is 14.2. The van der Waals surface area contributed by atoms with Crippen LogP contribution in [0.15, 0.2) is 258 Å². The van der Waals surface area contributed by atoms with Crippen LogP contribution in [0.1, 0.15) is 127 Å². The summed E-state index contributed by atoms with van der Waals surface area (Å²) in [5.74, 6) is 18.3. The first-order chi connectivity index (χ1) is 58.7. The van der Waals surface area contributed by atoms with Gasteiger partial charge in [0.1, 0.15) is 17.5 Å². The van der Waals surface area contributed by atoms with Crippen molar-refractivity contribution in [1.82, 2.24) is 113 Å². The average molecular weight is 1600 g/mol. The largest absolute Gasteiger partial charge is 0.382 e. The molecule has 0 fully saturated rings. The molecule has 0 bridgehead atoms. The van der Waals surface area contributed by atoms with Crippen molar-refractivity contribution in [3.8, 4) is 52.6 Å². The molecule has 18 rings (SSSR count). The van der Waals surface area contributed by atoms with Crippen LogP contribution in [0, 0.1) is 42.4 Å².